The van der Waals surface area contributed by atoms with Crippen molar-refractivity contribution in [2.75, 3.05) is 19.7 Å². The molecule has 7 heteroatoms. The Morgan fingerprint density at radius 3 is 2.50 bits per heavy atom. The summed E-state index contributed by atoms with van der Waals surface area (Å²) in [5, 5.41) is 2.85. The number of para-hydroxylation sites is 1. The average Bonchev–Trinajstić information content (AvgIpc) is 2.61. The van der Waals surface area contributed by atoms with E-state index in [0.29, 0.717) is 38.3 Å². The fourth-order valence-electron chi connectivity index (χ4n) is 3.26. The molecular formula is C19H27N3O4. The van der Waals surface area contributed by atoms with Crippen LogP contribution in [0.1, 0.15) is 44.7 Å². The van der Waals surface area contributed by atoms with Crippen molar-refractivity contribution in [1.82, 2.24) is 10.2 Å². The van der Waals surface area contributed by atoms with E-state index < -0.39 is 6.04 Å². The molecule has 2 rings (SSSR count). The Bertz CT molecular complexity index is 654. The first kappa shape index (κ1) is 19.8. The van der Waals surface area contributed by atoms with E-state index in [-0.39, 0.29) is 30.1 Å². The van der Waals surface area contributed by atoms with E-state index in [2.05, 4.69) is 5.32 Å². The molecule has 3 N–H and O–H groups in total. The van der Waals surface area contributed by atoms with Gasteiger partial charge in [-0.15, -0.1) is 0 Å². The quantitative estimate of drug-likeness (QED) is 0.766. The van der Waals surface area contributed by atoms with Gasteiger partial charge in [0.25, 0.3) is 0 Å². The Hall–Kier alpha value is -2.57. The molecule has 7 nitrogen and oxygen atoms in total. The first-order chi connectivity index (χ1) is 12.4. The predicted molar refractivity (Wildman–Crippen MR) is 97.3 cm³/mol. The summed E-state index contributed by atoms with van der Waals surface area (Å²) in [6.45, 7) is 4.83. The molecule has 0 aliphatic carbocycles. The van der Waals surface area contributed by atoms with Gasteiger partial charge in [0.1, 0.15) is 5.75 Å². The first-order valence-corrected chi connectivity index (χ1v) is 8.98. The van der Waals surface area contributed by atoms with Gasteiger partial charge >= 0.3 is 0 Å². The van der Waals surface area contributed by atoms with Gasteiger partial charge in [-0.1, -0.05) is 18.2 Å². The number of nitrogens with two attached hydrogens (primary N) is 1. The maximum atomic E-state index is 12.7. The summed E-state index contributed by atoms with van der Waals surface area (Å²) < 4.78 is 5.64. The smallest absolute Gasteiger partial charge is 0.224 e. The van der Waals surface area contributed by atoms with Crippen molar-refractivity contribution in [3.8, 4) is 5.75 Å². The predicted octanol–water partition coefficient (Wildman–Crippen LogP) is 1.38. The fourth-order valence-corrected chi connectivity index (χ4v) is 3.26. The number of carbonyl (C=O) groups is 3. The monoisotopic (exact) mass is 361 g/mol. The van der Waals surface area contributed by atoms with E-state index in [1.807, 2.05) is 31.2 Å². The molecule has 1 aromatic rings. The summed E-state index contributed by atoms with van der Waals surface area (Å²) in [6.07, 6.45) is 1.31. The molecule has 1 heterocycles. The van der Waals surface area contributed by atoms with E-state index in [1.165, 1.54) is 6.92 Å². The number of nitrogens with zero attached hydrogens (tertiary/aromatic N) is 1. The Morgan fingerprint density at radius 1 is 1.27 bits per heavy atom. The van der Waals surface area contributed by atoms with Gasteiger partial charge in [0.05, 0.1) is 19.1 Å². The third-order valence-corrected chi connectivity index (χ3v) is 4.60. The van der Waals surface area contributed by atoms with Crippen LogP contribution < -0.4 is 15.8 Å². The van der Waals surface area contributed by atoms with Gasteiger partial charge in [0.15, 0.2) is 0 Å². The lowest BCUT2D eigenvalue weighted by molar-refractivity contribution is -0.135. The van der Waals surface area contributed by atoms with Crippen molar-refractivity contribution in [1.29, 1.82) is 0 Å². The molecule has 3 amide bonds. The number of ether oxygens (including phenoxy) is 1. The number of hydrogen-bond acceptors (Lipinski definition) is 4. The lowest BCUT2D eigenvalue weighted by Crippen LogP contribution is -2.43. The molecule has 1 aliphatic rings. The first-order valence-electron chi connectivity index (χ1n) is 8.98. The lowest BCUT2D eigenvalue weighted by atomic mass is 9.95. The van der Waals surface area contributed by atoms with Crippen LogP contribution in [-0.4, -0.2) is 42.3 Å². The van der Waals surface area contributed by atoms with Gasteiger partial charge in [-0.25, -0.2) is 0 Å². The minimum atomic E-state index is -0.461. The molecular weight excluding hydrogens is 334 g/mol. The van der Waals surface area contributed by atoms with Crippen LogP contribution in [-0.2, 0) is 14.4 Å². The highest BCUT2D eigenvalue weighted by Crippen LogP contribution is 2.28. The number of nitrogens with one attached hydrogen (secondary N) is 1. The van der Waals surface area contributed by atoms with E-state index in [1.54, 1.807) is 4.90 Å². The zero-order valence-corrected chi connectivity index (χ0v) is 15.4. The fraction of sp³-hybridized carbons (Fsp3) is 0.526. The Kier molecular flexibility index (Phi) is 7.00. The molecule has 1 aliphatic heterocycles. The maximum absolute atomic E-state index is 12.7. The van der Waals surface area contributed by atoms with Crippen LogP contribution in [0, 0.1) is 5.92 Å². The molecule has 0 radical (unpaired) electrons. The number of likely N-dealkylation sites (tertiary alicyclic amines) is 1. The van der Waals surface area contributed by atoms with E-state index in [4.69, 9.17) is 10.5 Å². The summed E-state index contributed by atoms with van der Waals surface area (Å²) in [5.41, 5.74) is 6.12. The van der Waals surface area contributed by atoms with Crippen LogP contribution >= 0.6 is 0 Å². The highest BCUT2D eigenvalue weighted by molar-refractivity contribution is 5.80. The second-order valence-corrected chi connectivity index (χ2v) is 6.49. The molecule has 26 heavy (non-hydrogen) atoms. The number of piperidine rings is 1. The normalized spacial score (nSPS) is 16.0. The molecule has 1 aromatic carbocycles. The van der Waals surface area contributed by atoms with Crippen LogP contribution in [0.4, 0.5) is 0 Å². The molecule has 1 atom stereocenters. The van der Waals surface area contributed by atoms with Crippen molar-refractivity contribution in [3.05, 3.63) is 29.8 Å². The van der Waals surface area contributed by atoms with Crippen LogP contribution in [0.5, 0.6) is 5.75 Å². The van der Waals surface area contributed by atoms with Crippen molar-refractivity contribution in [2.24, 2.45) is 11.7 Å². The molecule has 0 bridgehead atoms. The summed E-state index contributed by atoms with van der Waals surface area (Å²) in [4.78, 5) is 37.4. The van der Waals surface area contributed by atoms with Crippen molar-refractivity contribution < 1.29 is 19.1 Å². The summed E-state index contributed by atoms with van der Waals surface area (Å²) in [6, 6.07) is 6.94. The van der Waals surface area contributed by atoms with Gasteiger partial charge < -0.3 is 20.7 Å². The van der Waals surface area contributed by atoms with E-state index in [0.717, 1.165) is 5.56 Å². The highest BCUT2D eigenvalue weighted by Gasteiger charge is 2.28. The summed E-state index contributed by atoms with van der Waals surface area (Å²) >= 11 is 0. The van der Waals surface area contributed by atoms with Crippen molar-refractivity contribution >= 4 is 17.7 Å². The van der Waals surface area contributed by atoms with Gasteiger partial charge in [-0.3, -0.25) is 14.4 Å². The zero-order valence-electron chi connectivity index (χ0n) is 15.4. The summed E-state index contributed by atoms with van der Waals surface area (Å²) in [7, 11) is 0. The Balaban J connectivity index is 2.10. The van der Waals surface area contributed by atoms with Crippen LogP contribution in [0.15, 0.2) is 24.3 Å². The molecule has 0 aromatic heterocycles. The maximum Gasteiger partial charge on any atom is 0.224 e. The van der Waals surface area contributed by atoms with Crippen LogP contribution in [0.25, 0.3) is 0 Å². The lowest BCUT2D eigenvalue weighted by Gasteiger charge is -2.32. The number of rotatable bonds is 7. The number of hydrogen-bond donors (Lipinski definition) is 2. The molecule has 142 valence electrons. The SMILES string of the molecule is CCOc1ccccc1C(CC(=O)N1CCC(C(N)=O)CC1)NC(C)=O. The summed E-state index contributed by atoms with van der Waals surface area (Å²) in [5.74, 6) is -0.0729. The van der Waals surface area contributed by atoms with Gasteiger partial charge in [0.2, 0.25) is 17.7 Å². The largest absolute Gasteiger partial charge is 0.494 e. The van der Waals surface area contributed by atoms with Gasteiger partial charge in [-0.2, -0.15) is 0 Å². The Morgan fingerprint density at radius 2 is 1.92 bits per heavy atom. The van der Waals surface area contributed by atoms with E-state index >= 15 is 0 Å². The molecule has 0 saturated carbocycles. The standard InChI is InChI=1S/C19H27N3O4/c1-3-26-17-7-5-4-6-15(17)16(21-13(2)23)12-18(24)22-10-8-14(9-11-22)19(20)25/h4-7,14,16H,3,8-12H2,1-2H3,(H2,20,25)(H,21,23). The number of carbonyl (C=O) groups excluding carboxylic acids is 3. The number of amides is 3. The van der Waals surface area contributed by atoms with E-state index in [9.17, 15) is 14.4 Å². The average molecular weight is 361 g/mol. The topological polar surface area (TPSA) is 102 Å². The minimum absolute atomic E-state index is 0.0574. The second-order valence-electron chi connectivity index (χ2n) is 6.49. The zero-order chi connectivity index (χ0) is 19.1. The van der Waals surface area contributed by atoms with Gasteiger partial charge in [-0.05, 0) is 25.8 Å². The van der Waals surface area contributed by atoms with Gasteiger partial charge in [0, 0.05) is 31.5 Å². The molecule has 1 unspecified atom stereocenters. The number of primary amides is 1. The molecule has 1 saturated heterocycles. The third kappa shape index (κ3) is 5.21. The number of benzene rings is 1. The van der Waals surface area contributed by atoms with Crippen molar-refractivity contribution in [3.63, 3.8) is 0 Å². The molecule has 1 fully saturated rings. The van der Waals surface area contributed by atoms with Crippen LogP contribution in [0.2, 0.25) is 0 Å². The Labute approximate surface area is 153 Å². The molecule has 0 spiro atoms. The van der Waals surface area contributed by atoms with Crippen LogP contribution in [0.3, 0.4) is 0 Å². The highest BCUT2D eigenvalue weighted by atomic mass is 16.5. The second kappa shape index (κ2) is 9.22. The van der Waals surface area contributed by atoms with Crippen molar-refractivity contribution in [2.45, 2.75) is 39.2 Å². The minimum Gasteiger partial charge on any atom is -0.494 e. The third-order valence-electron chi connectivity index (χ3n) is 4.60.